The van der Waals surface area contributed by atoms with Gasteiger partial charge in [0.1, 0.15) is 5.69 Å². The summed E-state index contributed by atoms with van der Waals surface area (Å²) in [5, 5.41) is 8.54. The van der Waals surface area contributed by atoms with Crippen molar-refractivity contribution in [2.45, 2.75) is 6.42 Å². The normalized spacial score (nSPS) is 12.0. The second kappa shape index (κ2) is 10.6. The largest absolute Gasteiger partial charge is 0.378 e. The minimum atomic E-state index is -0.358. The van der Waals surface area contributed by atoms with Crippen LogP contribution < -0.4 is 26.6 Å². The van der Waals surface area contributed by atoms with Crippen LogP contribution in [0.1, 0.15) is 27.2 Å². The fourth-order valence-electron chi connectivity index (χ4n) is 4.39. The van der Waals surface area contributed by atoms with Crippen LogP contribution in [0.4, 0.5) is 27.8 Å². The molecule has 0 fully saturated rings. The van der Waals surface area contributed by atoms with Gasteiger partial charge in [-0.25, -0.2) is 14.8 Å². The van der Waals surface area contributed by atoms with Crippen molar-refractivity contribution in [3.05, 3.63) is 83.2 Å². The molecule has 2 aromatic carbocycles. The summed E-state index contributed by atoms with van der Waals surface area (Å²) in [6, 6.07) is 16.2. The van der Waals surface area contributed by atoms with Crippen molar-refractivity contribution in [1.29, 1.82) is 0 Å². The predicted molar refractivity (Wildman–Crippen MR) is 153 cm³/mol. The zero-order chi connectivity index (χ0) is 27.5. The van der Waals surface area contributed by atoms with Crippen LogP contribution in [0, 0.1) is 11.8 Å². The Bertz CT molecular complexity index is 1630. The Morgan fingerprint density at radius 3 is 2.59 bits per heavy atom. The molecule has 4 aromatic rings. The molecule has 10 heteroatoms. The summed E-state index contributed by atoms with van der Waals surface area (Å²) >= 11 is 0. The van der Waals surface area contributed by atoms with Crippen LogP contribution in [0.2, 0.25) is 0 Å². The molecule has 0 saturated heterocycles. The first-order chi connectivity index (χ1) is 18.8. The minimum absolute atomic E-state index is 0.105. The second-order valence-corrected chi connectivity index (χ2v) is 9.30. The number of hydrogen-bond acceptors (Lipinski definition) is 6. The average Bonchev–Trinajstić information content (AvgIpc) is 3.26. The highest BCUT2D eigenvalue weighted by Crippen LogP contribution is 2.28. The summed E-state index contributed by atoms with van der Waals surface area (Å²) in [7, 11) is 5.82. The van der Waals surface area contributed by atoms with E-state index in [-0.39, 0.29) is 17.9 Å². The molecular formula is C29H28N8O2. The molecule has 196 valence electrons. The number of carbonyl (C=O) groups is 2. The number of hydrogen-bond donors (Lipinski definition) is 4. The van der Waals surface area contributed by atoms with Crippen LogP contribution in [-0.4, -0.2) is 47.1 Å². The summed E-state index contributed by atoms with van der Waals surface area (Å²) in [5.74, 6) is 6.27. The molecule has 3 heterocycles. The molecule has 0 aliphatic carbocycles. The van der Waals surface area contributed by atoms with E-state index in [0.717, 1.165) is 23.5 Å². The van der Waals surface area contributed by atoms with E-state index in [4.69, 9.17) is 5.73 Å². The quantitative estimate of drug-likeness (QED) is 0.305. The maximum Gasteiger partial charge on any atom is 0.323 e. The van der Waals surface area contributed by atoms with Gasteiger partial charge in [-0.2, -0.15) is 0 Å². The van der Waals surface area contributed by atoms with Crippen molar-refractivity contribution in [3.8, 4) is 23.2 Å². The lowest BCUT2D eigenvalue weighted by Gasteiger charge is -2.14. The van der Waals surface area contributed by atoms with E-state index < -0.39 is 0 Å². The number of amides is 3. The number of nitrogen functional groups attached to an aromatic ring is 1. The van der Waals surface area contributed by atoms with Crippen molar-refractivity contribution in [1.82, 2.24) is 19.9 Å². The summed E-state index contributed by atoms with van der Waals surface area (Å²) in [5.41, 5.74) is 12.3. The molecule has 3 amide bonds. The van der Waals surface area contributed by atoms with Crippen LogP contribution in [0.5, 0.6) is 0 Å². The molecule has 0 unspecified atom stereocenters. The average molecular weight is 521 g/mol. The number of nitrogens with one attached hydrogen (secondary N) is 3. The monoisotopic (exact) mass is 520 g/mol. The van der Waals surface area contributed by atoms with Gasteiger partial charge in [0.05, 0.1) is 16.8 Å². The highest BCUT2D eigenvalue weighted by molar-refractivity contribution is 6.00. The van der Waals surface area contributed by atoms with E-state index in [0.29, 0.717) is 40.3 Å². The first kappa shape index (κ1) is 25.4. The number of rotatable bonds is 4. The third kappa shape index (κ3) is 5.52. The van der Waals surface area contributed by atoms with Gasteiger partial charge >= 0.3 is 6.03 Å². The fourth-order valence-corrected chi connectivity index (χ4v) is 4.39. The van der Waals surface area contributed by atoms with Crippen molar-refractivity contribution in [2.24, 2.45) is 7.05 Å². The molecular weight excluding hydrogens is 492 g/mol. The van der Waals surface area contributed by atoms with Gasteiger partial charge in [-0.1, -0.05) is 17.9 Å². The van der Waals surface area contributed by atoms with Gasteiger partial charge in [-0.3, -0.25) is 4.79 Å². The van der Waals surface area contributed by atoms with Gasteiger partial charge in [0.15, 0.2) is 0 Å². The van der Waals surface area contributed by atoms with E-state index in [1.165, 1.54) is 0 Å². The van der Waals surface area contributed by atoms with Gasteiger partial charge in [0.25, 0.3) is 5.91 Å². The summed E-state index contributed by atoms with van der Waals surface area (Å²) in [4.78, 5) is 35.4. The maximum atomic E-state index is 12.5. The number of benzene rings is 2. The third-order valence-electron chi connectivity index (χ3n) is 6.40. The molecule has 1 aliphatic rings. The number of anilines is 4. The van der Waals surface area contributed by atoms with Crippen LogP contribution in [0.25, 0.3) is 11.4 Å². The molecule has 5 N–H and O–H groups in total. The lowest BCUT2D eigenvalue weighted by Crippen LogP contribution is -2.31. The Hall–Kier alpha value is -5.30. The standard InChI is InChI=1S/C29H28N8O2/c1-36(2)22-11-9-20(10-12-22)33-29(39)34-21-6-4-5-18(15-21)7-8-19-17-32-28(30)35-26(19)25-16-23-24(37(25)3)13-14-31-27(23)38/h4-6,9-12,15-17H,13-14H2,1-3H3,(H,31,38)(H2,30,32,35)(H2,33,34,39). The number of carbonyl (C=O) groups excluding carboxylic acids is 2. The Kier molecular flexibility index (Phi) is 6.89. The number of fused-ring (bicyclic) bond motifs is 1. The van der Waals surface area contributed by atoms with Crippen molar-refractivity contribution >= 4 is 34.9 Å². The highest BCUT2D eigenvalue weighted by atomic mass is 16.2. The van der Waals surface area contributed by atoms with Crippen molar-refractivity contribution in [2.75, 3.05) is 41.9 Å². The molecule has 5 rings (SSSR count). The zero-order valence-electron chi connectivity index (χ0n) is 21.9. The van der Waals surface area contributed by atoms with Gasteiger partial charge in [0, 0.05) is 68.6 Å². The molecule has 1 aliphatic heterocycles. The molecule has 0 atom stereocenters. The molecule has 0 spiro atoms. The van der Waals surface area contributed by atoms with Gasteiger partial charge in [-0.15, -0.1) is 0 Å². The third-order valence-corrected chi connectivity index (χ3v) is 6.40. The molecule has 0 radical (unpaired) electrons. The molecule has 39 heavy (non-hydrogen) atoms. The van der Waals surface area contributed by atoms with E-state index >= 15 is 0 Å². The van der Waals surface area contributed by atoms with E-state index in [2.05, 4.69) is 37.8 Å². The summed E-state index contributed by atoms with van der Waals surface area (Å²) in [6.45, 7) is 0.590. The number of nitrogens with two attached hydrogens (primary N) is 1. The van der Waals surface area contributed by atoms with E-state index in [9.17, 15) is 9.59 Å². The number of urea groups is 1. The van der Waals surface area contributed by atoms with Crippen LogP contribution in [-0.2, 0) is 13.5 Å². The molecule has 0 saturated carbocycles. The Labute approximate surface area is 226 Å². The highest BCUT2D eigenvalue weighted by Gasteiger charge is 2.24. The smallest absolute Gasteiger partial charge is 0.323 e. The summed E-state index contributed by atoms with van der Waals surface area (Å²) in [6.07, 6.45) is 2.31. The first-order valence-electron chi connectivity index (χ1n) is 12.4. The molecule has 2 aromatic heterocycles. The lowest BCUT2D eigenvalue weighted by atomic mass is 10.1. The van der Waals surface area contributed by atoms with Gasteiger partial charge in [0.2, 0.25) is 5.95 Å². The maximum absolute atomic E-state index is 12.5. The van der Waals surface area contributed by atoms with Crippen LogP contribution >= 0.6 is 0 Å². The lowest BCUT2D eigenvalue weighted by molar-refractivity contribution is 0.0945. The van der Waals surface area contributed by atoms with Gasteiger partial charge in [-0.05, 0) is 48.5 Å². The van der Waals surface area contributed by atoms with Gasteiger partial charge < -0.3 is 31.2 Å². The number of nitrogens with zero attached hydrogens (tertiary/aromatic N) is 4. The predicted octanol–water partition coefficient (Wildman–Crippen LogP) is 3.46. The van der Waals surface area contributed by atoms with E-state index in [1.54, 1.807) is 18.3 Å². The summed E-state index contributed by atoms with van der Waals surface area (Å²) < 4.78 is 1.96. The number of aromatic nitrogens is 3. The van der Waals surface area contributed by atoms with Crippen LogP contribution in [0.3, 0.4) is 0 Å². The zero-order valence-corrected chi connectivity index (χ0v) is 21.9. The topological polar surface area (TPSA) is 130 Å². The molecule has 0 bridgehead atoms. The molecule has 10 nitrogen and oxygen atoms in total. The Morgan fingerprint density at radius 1 is 1.08 bits per heavy atom. The second-order valence-electron chi connectivity index (χ2n) is 9.30. The van der Waals surface area contributed by atoms with Crippen molar-refractivity contribution in [3.63, 3.8) is 0 Å². The van der Waals surface area contributed by atoms with E-state index in [1.807, 2.05) is 73.1 Å². The Morgan fingerprint density at radius 2 is 1.85 bits per heavy atom. The first-order valence-corrected chi connectivity index (χ1v) is 12.4. The fraction of sp³-hybridized carbons (Fsp3) is 0.172. The van der Waals surface area contributed by atoms with Crippen molar-refractivity contribution < 1.29 is 9.59 Å². The minimum Gasteiger partial charge on any atom is -0.378 e. The Balaban J connectivity index is 1.36. The van der Waals surface area contributed by atoms with Crippen LogP contribution in [0.15, 0.2) is 60.8 Å². The SMILES string of the molecule is CN(C)c1ccc(NC(=O)Nc2cccc(C#Cc3cnc(N)nc3-c3cc4c(n3C)CCNC4=O)c2)cc1.